The number of unbranched alkanes of at least 4 members (excludes halogenated alkanes) is 1. The van der Waals surface area contributed by atoms with E-state index in [2.05, 4.69) is 27.9 Å². The zero-order valence-corrected chi connectivity index (χ0v) is 26.1. The van der Waals surface area contributed by atoms with Crippen molar-refractivity contribution in [1.29, 1.82) is 0 Å². The summed E-state index contributed by atoms with van der Waals surface area (Å²) >= 11 is 14.4. The van der Waals surface area contributed by atoms with Crippen LogP contribution in [-0.2, 0) is 26.2 Å². The summed E-state index contributed by atoms with van der Waals surface area (Å²) in [5, 5.41) is 3.54. The fourth-order valence-corrected chi connectivity index (χ4v) is 5.92. The third-order valence-electron chi connectivity index (χ3n) is 6.06. The molecule has 0 radical (unpaired) electrons. The maximum atomic E-state index is 13.9. The molecule has 0 fully saturated rings. The maximum absolute atomic E-state index is 13.9. The second kappa shape index (κ2) is 14.3. The molecule has 0 aliphatic carbocycles. The molecule has 3 aromatic carbocycles. The summed E-state index contributed by atoms with van der Waals surface area (Å²) in [4.78, 5) is 28.3. The molecule has 1 N–H and O–H groups in total. The number of carbonyl (C=O) groups excluding carboxylic acids is 2. The average molecular weight is 702 g/mol. The second-order valence-corrected chi connectivity index (χ2v) is 12.8. The number of halogens is 3. The topological polar surface area (TPSA) is 86.8 Å². The molecule has 7 nitrogen and oxygen atoms in total. The van der Waals surface area contributed by atoms with Crippen molar-refractivity contribution in [2.45, 2.75) is 44.2 Å². The van der Waals surface area contributed by atoms with Gasteiger partial charge in [0.05, 0.1) is 20.6 Å². The van der Waals surface area contributed by atoms with Gasteiger partial charge in [0.2, 0.25) is 11.8 Å². The van der Waals surface area contributed by atoms with Gasteiger partial charge in [0.15, 0.2) is 0 Å². The van der Waals surface area contributed by atoms with Crippen LogP contribution in [0.4, 0.5) is 5.69 Å². The quantitative estimate of drug-likeness (QED) is 0.182. The molecule has 3 rings (SSSR count). The van der Waals surface area contributed by atoms with E-state index in [1.54, 1.807) is 67.6 Å². The van der Waals surface area contributed by atoms with Gasteiger partial charge in [-0.25, -0.2) is 8.42 Å². The first-order valence-electron chi connectivity index (χ1n) is 12.4. The van der Waals surface area contributed by atoms with Crippen molar-refractivity contribution >= 4 is 73.3 Å². The highest BCUT2D eigenvalue weighted by Gasteiger charge is 2.32. The fourth-order valence-electron chi connectivity index (χ4n) is 3.81. The first kappa shape index (κ1) is 31.2. The summed E-state index contributed by atoms with van der Waals surface area (Å²) in [5.74, 6) is -0.874. The Bertz CT molecular complexity index is 1390. The number of nitrogens with zero attached hydrogens (tertiary/aromatic N) is 2. The molecule has 2 amide bonds. The third kappa shape index (κ3) is 8.33. The lowest BCUT2D eigenvalue weighted by molar-refractivity contribution is -0.139. The van der Waals surface area contributed by atoms with Crippen LogP contribution in [0.15, 0.2) is 77.7 Å². The number of benzene rings is 3. The van der Waals surface area contributed by atoms with Gasteiger partial charge in [-0.15, -0.1) is 0 Å². The Kier molecular flexibility index (Phi) is 11.5. The van der Waals surface area contributed by atoms with Crippen molar-refractivity contribution in [2.75, 3.05) is 17.4 Å². The molecule has 11 heteroatoms. The number of nitrogens with one attached hydrogen (secondary N) is 1. The Morgan fingerprint density at radius 3 is 2.26 bits per heavy atom. The summed E-state index contributed by atoms with van der Waals surface area (Å²) in [5.41, 5.74) is 0.986. The van der Waals surface area contributed by atoms with E-state index in [-0.39, 0.29) is 17.3 Å². The van der Waals surface area contributed by atoms with Gasteiger partial charge in [-0.2, -0.15) is 0 Å². The van der Waals surface area contributed by atoms with Crippen molar-refractivity contribution in [3.63, 3.8) is 0 Å². The van der Waals surface area contributed by atoms with Gasteiger partial charge in [-0.1, -0.05) is 60.8 Å². The number of sulfonamides is 1. The zero-order chi connectivity index (χ0) is 28.6. The molecule has 208 valence electrons. The highest BCUT2D eigenvalue weighted by Crippen LogP contribution is 2.26. The van der Waals surface area contributed by atoms with Crippen LogP contribution < -0.4 is 9.62 Å². The molecule has 0 spiro atoms. The smallest absolute Gasteiger partial charge is 0.264 e. The maximum Gasteiger partial charge on any atom is 0.264 e. The Morgan fingerprint density at radius 1 is 0.974 bits per heavy atom. The second-order valence-electron chi connectivity index (χ2n) is 8.89. The van der Waals surface area contributed by atoms with Crippen LogP contribution in [0.3, 0.4) is 0 Å². The molecule has 39 heavy (non-hydrogen) atoms. The van der Waals surface area contributed by atoms with Gasteiger partial charge in [-0.3, -0.25) is 13.9 Å². The van der Waals surface area contributed by atoms with Crippen molar-refractivity contribution in [3.8, 4) is 0 Å². The molecule has 0 saturated heterocycles. The molecule has 3 aromatic rings. The van der Waals surface area contributed by atoms with Crippen LogP contribution in [0.5, 0.6) is 0 Å². The largest absolute Gasteiger partial charge is 0.354 e. The third-order valence-corrected chi connectivity index (χ3v) is 9.30. The van der Waals surface area contributed by atoms with E-state index >= 15 is 0 Å². The molecule has 0 bridgehead atoms. The van der Waals surface area contributed by atoms with Crippen molar-refractivity contribution < 1.29 is 18.0 Å². The lowest BCUT2D eigenvalue weighted by Crippen LogP contribution is -2.51. The number of rotatable bonds is 12. The van der Waals surface area contributed by atoms with E-state index in [0.29, 0.717) is 27.8 Å². The van der Waals surface area contributed by atoms with Crippen LogP contribution >= 0.6 is 45.8 Å². The van der Waals surface area contributed by atoms with Gasteiger partial charge in [0, 0.05) is 16.7 Å². The number of anilines is 1. The van der Waals surface area contributed by atoms with Crippen LogP contribution in [0.25, 0.3) is 0 Å². The van der Waals surface area contributed by atoms with Crippen molar-refractivity contribution in [3.05, 3.63) is 92.0 Å². The van der Waals surface area contributed by atoms with E-state index in [4.69, 9.17) is 23.2 Å². The molecule has 0 aliphatic rings. The number of carbonyl (C=O) groups is 2. The van der Waals surface area contributed by atoms with Crippen LogP contribution in [-0.4, -0.2) is 44.3 Å². The molecular formula is C28H30Cl2IN3O4S. The lowest BCUT2D eigenvalue weighted by atomic mass is 10.1. The van der Waals surface area contributed by atoms with Crippen molar-refractivity contribution in [1.82, 2.24) is 10.2 Å². The van der Waals surface area contributed by atoms with Gasteiger partial charge >= 0.3 is 0 Å². The average Bonchev–Trinajstić information content (AvgIpc) is 2.93. The standard InChI is InChI=1S/C28H30Cl2IN3O4S/c1-3-4-16-32-28(36)20(2)33(18-21-10-15-25(29)26(30)17-21)27(35)19-34(23-13-11-22(31)12-14-23)39(37,38)24-8-6-5-7-9-24/h5-15,17,20H,3-4,16,18-19H2,1-2H3,(H,32,36)/t20-/m1/s1. The summed E-state index contributed by atoms with van der Waals surface area (Å²) in [6.45, 7) is 3.64. The van der Waals surface area contributed by atoms with Gasteiger partial charge in [-0.05, 0) is 90.0 Å². The predicted octanol–water partition coefficient (Wildman–Crippen LogP) is 6.13. The Hall–Kier alpha value is -2.34. The van der Waals surface area contributed by atoms with Crippen LogP contribution in [0, 0.1) is 3.57 Å². The van der Waals surface area contributed by atoms with E-state index in [0.717, 1.165) is 20.7 Å². The first-order chi connectivity index (χ1) is 18.5. The Morgan fingerprint density at radius 2 is 1.64 bits per heavy atom. The van der Waals surface area contributed by atoms with Crippen molar-refractivity contribution in [2.24, 2.45) is 0 Å². The summed E-state index contributed by atoms with van der Waals surface area (Å²) in [6, 6.07) is 18.9. The Balaban J connectivity index is 1.99. The SMILES string of the molecule is CCCCNC(=O)[C@@H](C)N(Cc1ccc(Cl)c(Cl)c1)C(=O)CN(c1ccc(I)cc1)S(=O)(=O)c1ccccc1. The van der Waals surface area contributed by atoms with E-state index in [1.165, 1.54) is 17.0 Å². The minimum Gasteiger partial charge on any atom is -0.354 e. The zero-order valence-electron chi connectivity index (χ0n) is 21.6. The molecule has 0 aromatic heterocycles. The van der Waals surface area contributed by atoms with Gasteiger partial charge < -0.3 is 10.2 Å². The first-order valence-corrected chi connectivity index (χ1v) is 15.7. The van der Waals surface area contributed by atoms with E-state index < -0.39 is 28.5 Å². The highest BCUT2D eigenvalue weighted by atomic mass is 127. The normalized spacial score (nSPS) is 12.0. The molecule has 0 unspecified atom stereocenters. The fraction of sp³-hybridized carbons (Fsp3) is 0.286. The van der Waals surface area contributed by atoms with E-state index in [9.17, 15) is 18.0 Å². The van der Waals surface area contributed by atoms with Gasteiger partial charge in [0.25, 0.3) is 10.0 Å². The van der Waals surface area contributed by atoms with Crippen LogP contribution in [0.2, 0.25) is 10.0 Å². The number of amides is 2. The predicted molar refractivity (Wildman–Crippen MR) is 165 cm³/mol. The lowest BCUT2D eigenvalue weighted by Gasteiger charge is -2.32. The van der Waals surface area contributed by atoms with E-state index in [1.807, 2.05) is 6.92 Å². The number of hydrogen-bond acceptors (Lipinski definition) is 4. The minimum atomic E-state index is -4.10. The Labute approximate surface area is 253 Å². The minimum absolute atomic E-state index is 0.0317. The number of hydrogen-bond donors (Lipinski definition) is 1. The van der Waals surface area contributed by atoms with Crippen LogP contribution in [0.1, 0.15) is 32.3 Å². The molecule has 0 saturated carbocycles. The summed E-state index contributed by atoms with van der Waals surface area (Å²) in [6.07, 6.45) is 1.71. The molecule has 0 heterocycles. The highest BCUT2D eigenvalue weighted by molar-refractivity contribution is 14.1. The monoisotopic (exact) mass is 701 g/mol. The summed E-state index contributed by atoms with van der Waals surface area (Å²) < 4.78 is 29.5. The molecule has 1 atom stereocenters. The molecular weight excluding hydrogens is 672 g/mol. The molecule has 0 aliphatic heterocycles. The van der Waals surface area contributed by atoms with Gasteiger partial charge in [0.1, 0.15) is 12.6 Å². The summed E-state index contributed by atoms with van der Waals surface area (Å²) in [7, 11) is -4.10.